The molecule has 1 aliphatic carbocycles. The van der Waals surface area contributed by atoms with Crippen LogP contribution in [-0.2, 0) is 0 Å². The number of β-amino-alcohol motifs (C(OH)–C–C–N with tert-alkyl or cyclic N) is 1. The molecule has 1 aliphatic rings. The van der Waals surface area contributed by atoms with Crippen molar-refractivity contribution in [2.45, 2.75) is 70.9 Å². The number of nitrogens with one attached hydrogen (secondary N) is 1. The minimum atomic E-state index is -0.460. The van der Waals surface area contributed by atoms with Crippen molar-refractivity contribution in [1.29, 1.82) is 0 Å². The first-order chi connectivity index (χ1) is 6.81. The normalized spacial score (nSPS) is 33.8. The number of aliphatic hydroxyl groups is 1. The smallest absolute Gasteiger partial charge is 0.0771 e. The summed E-state index contributed by atoms with van der Waals surface area (Å²) in [7, 11) is 0. The summed E-state index contributed by atoms with van der Waals surface area (Å²) >= 11 is 0. The van der Waals surface area contributed by atoms with E-state index in [1.807, 2.05) is 0 Å². The molecule has 0 aromatic rings. The van der Waals surface area contributed by atoms with Gasteiger partial charge in [-0.15, -0.1) is 0 Å². The largest absolute Gasteiger partial charge is 0.389 e. The zero-order valence-corrected chi connectivity index (χ0v) is 10.8. The van der Waals surface area contributed by atoms with Crippen molar-refractivity contribution in [2.24, 2.45) is 5.92 Å². The van der Waals surface area contributed by atoms with E-state index in [0.29, 0.717) is 0 Å². The van der Waals surface area contributed by atoms with Gasteiger partial charge < -0.3 is 10.4 Å². The fraction of sp³-hybridized carbons (Fsp3) is 1.00. The maximum atomic E-state index is 10.5. The molecule has 0 saturated heterocycles. The summed E-state index contributed by atoms with van der Waals surface area (Å²) in [6.45, 7) is 9.48. The molecule has 0 heterocycles. The molecule has 0 aromatic heterocycles. The van der Waals surface area contributed by atoms with E-state index in [0.717, 1.165) is 25.3 Å². The van der Waals surface area contributed by atoms with Crippen LogP contribution in [0.4, 0.5) is 0 Å². The van der Waals surface area contributed by atoms with Crippen molar-refractivity contribution in [3.8, 4) is 0 Å². The van der Waals surface area contributed by atoms with Gasteiger partial charge in [0.05, 0.1) is 5.60 Å². The third-order valence-electron chi connectivity index (χ3n) is 3.39. The Morgan fingerprint density at radius 3 is 2.53 bits per heavy atom. The minimum absolute atomic E-state index is 0.105. The molecule has 2 nitrogen and oxygen atoms in total. The topological polar surface area (TPSA) is 32.3 Å². The third-order valence-corrected chi connectivity index (χ3v) is 3.39. The summed E-state index contributed by atoms with van der Waals surface area (Å²) in [4.78, 5) is 0. The second kappa shape index (κ2) is 4.84. The fourth-order valence-corrected chi connectivity index (χ4v) is 2.17. The Balaban J connectivity index is 2.43. The van der Waals surface area contributed by atoms with E-state index in [1.54, 1.807) is 0 Å². The van der Waals surface area contributed by atoms with Gasteiger partial charge in [0.2, 0.25) is 0 Å². The van der Waals surface area contributed by atoms with E-state index < -0.39 is 5.60 Å². The molecule has 0 bridgehead atoms. The van der Waals surface area contributed by atoms with Crippen molar-refractivity contribution in [2.75, 3.05) is 6.54 Å². The van der Waals surface area contributed by atoms with E-state index in [2.05, 4.69) is 33.0 Å². The second-order valence-electron chi connectivity index (χ2n) is 6.36. The van der Waals surface area contributed by atoms with E-state index in [9.17, 15) is 5.11 Å². The highest BCUT2D eigenvalue weighted by atomic mass is 16.3. The lowest BCUT2D eigenvalue weighted by Crippen LogP contribution is -2.47. The molecule has 15 heavy (non-hydrogen) atoms. The van der Waals surface area contributed by atoms with Gasteiger partial charge in [-0.05, 0) is 46.0 Å². The molecule has 0 spiro atoms. The lowest BCUT2D eigenvalue weighted by atomic mass is 9.92. The standard InChI is InChI=1S/C13H27NO/c1-11-6-5-8-13(15,9-7-11)10-14-12(2,3)4/h11,14-15H,5-10H2,1-4H3. The van der Waals surface area contributed by atoms with Crippen LogP contribution in [0.1, 0.15) is 59.8 Å². The van der Waals surface area contributed by atoms with Crippen LogP contribution in [0.25, 0.3) is 0 Å². The monoisotopic (exact) mass is 213 g/mol. The molecule has 2 heteroatoms. The number of rotatable bonds is 2. The van der Waals surface area contributed by atoms with Gasteiger partial charge in [0, 0.05) is 12.1 Å². The average molecular weight is 213 g/mol. The molecule has 90 valence electrons. The summed E-state index contributed by atoms with van der Waals surface area (Å²) in [6, 6.07) is 0. The van der Waals surface area contributed by atoms with Crippen LogP contribution in [0.5, 0.6) is 0 Å². The van der Waals surface area contributed by atoms with Gasteiger partial charge in [-0.25, -0.2) is 0 Å². The van der Waals surface area contributed by atoms with Crippen molar-refractivity contribution in [1.82, 2.24) is 5.32 Å². The van der Waals surface area contributed by atoms with Crippen LogP contribution in [0.15, 0.2) is 0 Å². The molecule has 0 aromatic carbocycles. The maximum Gasteiger partial charge on any atom is 0.0771 e. The molecule has 1 saturated carbocycles. The highest BCUT2D eigenvalue weighted by Crippen LogP contribution is 2.30. The predicted molar refractivity (Wildman–Crippen MR) is 65.0 cm³/mol. The van der Waals surface area contributed by atoms with Crippen LogP contribution in [-0.4, -0.2) is 22.8 Å². The van der Waals surface area contributed by atoms with E-state index in [-0.39, 0.29) is 5.54 Å². The summed E-state index contributed by atoms with van der Waals surface area (Å²) in [6.07, 6.45) is 5.53. The average Bonchev–Trinajstić information content (AvgIpc) is 2.26. The first-order valence-corrected chi connectivity index (χ1v) is 6.28. The van der Waals surface area contributed by atoms with Gasteiger partial charge in [-0.2, -0.15) is 0 Å². The Morgan fingerprint density at radius 1 is 1.27 bits per heavy atom. The lowest BCUT2D eigenvalue weighted by molar-refractivity contribution is 0.0190. The third kappa shape index (κ3) is 4.98. The van der Waals surface area contributed by atoms with Crippen molar-refractivity contribution >= 4 is 0 Å². The lowest BCUT2D eigenvalue weighted by Gasteiger charge is -2.31. The van der Waals surface area contributed by atoms with E-state index in [1.165, 1.54) is 19.3 Å². The first-order valence-electron chi connectivity index (χ1n) is 6.28. The highest BCUT2D eigenvalue weighted by molar-refractivity contribution is 4.87. The molecule has 2 atom stereocenters. The molecule has 0 amide bonds. The maximum absolute atomic E-state index is 10.5. The molecule has 0 radical (unpaired) electrons. The van der Waals surface area contributed by atoms with Gasteiger partial charge in [0.15, 0.2) is 0 Å². The van der Waals surface area contributed by atoms with Crippen molar-refractivity contribution in [3.63, 3.8) is 0 Å². The van der Waals surface area contributed by atoms with Crippen LogP contribution in [0.2, 0.25) is 0 Å². The summed E-state index contributed by atoms with van der Waals surface area (Å²) in [5.41, 5.74) is -0.355. The molecular weight excluding hydrogens is 186 g/mol. The van der Waals surface area contributed by atoms with Gasteiger partial charge in [0.1, 0.15) is 0 Å². The fourth-order valence-electron chi connectivity index (χ4n) is 2.17. The summed E-state index contributed by atoms with van der Waals surface area (Å²) in [5, 5.41) is 13.9. The Kier molecular flexibility index (Phi) is 4.19. The SMILES string of the molecule is CC1CCCC(O)(CNC(C)(C)C)CC1. The van der Waals surface area contributed by atoms with Crippen LogP contribution < -0.4 is 5.32 Å². The molecule has 2 N–H and O–H groups in total. The molecule has 1 rings (SSSR count). The van der Waals surface area contributed by atoms with Gasteiger partial charge >= 0.3 is 0 Å². The molecular formula is C13H27NO. The Morgan fingerprint density at radius 2 is 1.93 bits per heavy atom. The van der Waals surface area contributed by atoms with Gasteiger partial charge in [-0.1, -0.05) is 19.8 Å². The van der Waals surface area contributed by atoms with Gasteiger partial charge in [-0.3, -0.25) is 0 Å². The minimum Gasteiger partial charge on any atom is -0.389 e. The quantitative estimate of drug-likeness (QED) is 0.691. The predicted octanol–water partition coefficient (Wildman–Crippen LogP) is 2.71. The van der Waals surface area contributed by atoms with Crippen molar-refractivity contribution in [3.05, 3.63) is 0 Å². The van der Waals surface area contributed by atoms with E-state index >= 15 is 0 Å². The zero-order chi connectivity index (χ0) is 11.5. The first kappa shape index (κ1) is 13.0. The second-order valence-corrected chi connectivity index (χ2v) is 6.36. The van der Waals surface area contributed by atoms with Crippen LogP contribution >= 0.6 is 0 Å². The molecule has 1 fully saturated rings. The molecule has 2 unspecified atom stereocenters. The summed E-state index contributed by atoms with van der Waals surface area (Å²) in [5.74, 6) is 0.786. The Bertz CT molecular complexity index is 197. The summed E-state index contributed by atoms with van der Waals surface area (Å²) < 4.78 is 0. The van der Waals surface area contributed by atoms with E-state index in [4.69, 9.17) is 0 Å². The zero-order valence-electron chi connectivity index (χ0n) is 10.8. The Labute approximate surface area is 94.5 Å². The Hall–Kier alpha value is -0.0800. The number of hydrogen-bond acceptors (Lipinski definition) is 2. The van der Waals surface area contributed by atoms with Gasteiger partial charge in [0.25, 0.3) is 0 Å². The number of hydrogen-bond donors (Lipinski definition) is 2. The van der Waals surface area contributed by atoms with Crippen LogP contribution in [0.3, 0.4) is 0 Å². The highest BCUT2D eigenvalue weighted by Gasteiger charge is 2.30. The van der Waals surface area contributed by atoms with Crippen molar-refractivity contribution < 1.29 is 5.11 Å². The van der Waals surface area contributed by atoms with Crippen LogP contribution in [0, 0.1) is 5.92 Å². The molecule has 0 aliphatic heterocycles.